The molecule has 0 unspecified atom stereocenters. The molecule has 2 heteroatoms. The van der Waals surface area contributed by atoms with E-state index >= 15 is 0 Å². The highest BCUT2D eigenvalue weighted by molar-refractivity contribution is 6.06. The zero-order chi connectivity index (χ0) is 13.5. The number of benzene rings is 3. The van der Waals surface area contributed by atoms with E-state index in [0.29, 0.717) is 0 Å². The van der Waals surface area contributed by atoms with Crippen LogP contribution in [0.1, 0.15) is 0 Å². The first kappa shape index (κ1) is 11.1. The lowest BCUT2D eigenvalue weighted by Gasteiger charge is -2.01. The van der Waals surface area contributed by atoms with E-state index < -0.39 is 0 Å². The van der Waals surface area contributed by atoms with E-state index in [9.17, 15) is 5.11 Å². The predicted molar refractivity (Wildman–Crippen MR) is 80.8 cm³/mol. The van der Waals surface area contributed by atoms with Crippen molar-refractivity contribution in [3.63, 3.8) is 0 Å². The molecule has 1 N–H and O–H groups in total. The van der Waals surface area contributed by atoms with Gasteiger partial charge in [0.2, 0.25) is 0 Å². The lowest BCUT2D eigenvalue weighted by atomic mass is 10.0. The van der Waals surface area contributed by atoms with Crippen LogP contribution < -0.4 is 0 Å². The summed E-state index contributed by atoms with van der Waals surface area (Å²) in [5.41, 5.74) is 3.95. The van der Waals surface area contributed by atoms with Gasteiger partial charge in [-0.3, -0.25) is 0 Å². The Hall–Kier alpha value is -2.74. The van der Waals surface area contributed by atoms with Crippen LogP contribution in [0.4, 0.5) is 0 Å². The zero-order valence-electron chi connectivity index (χ0n) is 10.7. The van der Waals surface area contributed by atoms with Gasteiger partial charge in [0.1, 0.15) is 16.9 Å². The van der Waals surface area contributed by atoms with Crippen LogP contribution in [-0.2, 0) is 0 Å². The molecule has 96 valence electrons. The van der Waals surface area contributed by atoms with Crippen LogP contribution >= 0.6 is 0 Å². The summed E-state index contributed by atoms with van der Waals surface area (Å²) >= 11 is 0. The second kappa shape index (κ2) is 4.14. The van der Waals surface area contributed by atoms with E-state index in [1.807, 2.05) is 24.3 Å². The van der Waals surface area contributed by atoms with E-state index in [2.05, 4.69) is 24.3 Å². The van der Waals surface area contributed by atoms with Gasteiger partial charge in [0.25, 0.3) is 0 Å². The van der Waals surface area contributed by atoms with Gasteiger partial charge in [-0.2, -0.15) is 0 Å². The molecule has 0 aliphatic rings. The molecule has 0 spiro atoms. The third kappa shape index (κ3) is 1.66. The quantitative estimate of drug-likeness (QED) is 0.525. The predicted octanol–water partition coefficient (Wildman–Crippen LogP) is 4.96. The second-order valence-electron chi connectivity index (χ2n) is 4.86. The third-order valence-electron chi connectivity index (χ3n) is 3.56. The molecule has 0 bridgehead atoms. The normalized spacial score (nSPS) is 11.2. The molecule has 4 aromatic rings. The minimum Gasteiger partial charge on any atom is -0.508 e. The van der Waals surface area contributed by atoms with Gasteiger partial charge in [-0.25, -0.2) is 0 Å². The maximum Gasteiger partial charge on any atom is 0.135 e. The lowest BCUT2D eigenvalue weighted by Crippen LogP contribution is -1.76. The first-order chi connectivity index (χ1) is 9.81. The molecule has 0 saturated heterocycles. The molecule has 1 heterocycles. The first-order valence-corrected chi connectivity index (χ1v) is 6.52. The Labute approximate surface area is 115 Å². The molecule has 0 radical (unpaired) electrons. The molecule has 0 aliphatic carbocycles. The van der Waals surface area contributed by atoms with Crippen molar-refractivity contribution in [2.24, 2.45) is 0 Å². The number of hydrogen-bond donors (Lipinski definition) is 1. The van der Waals surface area contributed by atoms with Crippen LogP contribution in [0.2, 0.25) is 0 Å². The second-order valence-corrected chi connectivity index (χ2v) is 4.86. The smallest absolute Gasteiger partial charge is 0.135 e. The molecular formula is C18H12O2. The molecule has 20 heavy (non-hydrogen) atoms. The molecule has 0 aliphatic heterocycles. The highest BCUT2D eigenvalue weighted by Gasteiger charge is 2.08. The van der Waals surface area contributed by atoms with Gasteiger partial charge in [-0.05, 0) is 41.5 Å². The first-order valence-electron chi connectivity index (χ1n) is 6.52. The number of phenols is 1. The summed E-state index contributed by atoms with van der Waals surface area (Å²) in [7, 11) is 0. The van der Waals surface area contributed by atoms with Gasteiger partial charge in [-0.15, -0.1) is 0 Å². The summed E-state index contributed by atoms with van der Waals surface area (Å²) in [5, 5.41) is 11.6. The van der Waals surface area contributed by atoms with Crippen molar-refractivity contribution >= 4 is 21.9 Å². The van der Waals surface area contributed by atoms with Crippen molar-refractivity contribution in [2.45, 2.75) is 0 Å². The van der Waals surface area contributed by atoms with Crippen molar-refractivity contribution < 1.29 is 9.52 Å². The van der Waals surface area contributed by atoms with E-state index in [1.165, 1.54) is 5.56 Å². The minimum absolute atomic E-state index is 0.255. The molecule has 0 saturated carbocycles. The van der Waals surface area contributed by atoms with Crippen molar-refractivity contribution in [2.75, 3.05) is 0 Å². The van der Waals surface area contributed by atoms with Gasteiger partial charge in [0, 0.05) is 10.8 Å². The fourth-order valence-corrected chi connectivity index (χ4v) is 2.58. The summed E-state index contributed by atoms with van der Waals surface area (Å²) in [4.78, 5) is 0. The number of phenolic OH excluding ortho intramolecular Hbond substituents is 1. The Morgan fingerprint density at radius 2 is 1.35 bits per heavy atom. The van der Waals surface area contributed by atoms with E-state index in [-0.39, 0.29) is 5.75 Å². The maximum atomic E-state index is 9.65. The summed E-state index contributed by atoms with van der Waals surface area (Å²) in [6, 6.07) is 21.6. The Morgan fingerprint density at radius 1 is 0.650 bits per heavy atom. The Kier molecular flexibility index (Phi) is 2.30. The monoisotopic (exact) mass is 260 g/mol. The van der Waals surface area contributed by atoms with Gasteiger partial charge >= 0.3 is 0 Å². The zero-order valence-corrected chi connectivity index (χ0v) is 10.7. The van der Waals surface area contributed by atoms with Crippen LogP contribution in [-0.4, -0.2) is 5.11 Å². The number of hydrogen-bond acceptors (Lipinski definition) is 2. The van der Waals surface area contributed by atoms with Crippen molar-refractivity contribution in [3.8, 4) is 16.9 Å². The molecule has 4 rings (SSSR count). The number of fused-ring (bicyclic) bond motifs is 3. The van der Waals surface area contributed by atoms with Gasteiger partial charge in [0.05, 0.1) is 0 Å². The number of furan rings is 1. The Morgan fingerprint density at radius 3 is 2.15 bits per heavy atom. The van der Waals surface area contributed by atoms with Crippen LogP contribution in [0.25, 0.3) is 33.1 Å². The van der Waals surface area contributed by atoms with Gasteiger partial charge in [-0.1, -0.05) is 36.4 Å². The highest BCUT2D eigenvalue weighted by atomic mass is 16.3. The summed E-state index contributed by atoms with van der Waals surface area (Å²) in [6.45, 7) is 0. The number of rotatable bonds is 1. The van der Waals surface area contributed by atoms with Gasteiger partial charge in [0.15, 0.2) is 0 Å². The highest BCUT2D eigenvalue weighted by Crippen LogP contribution is 2.33. The van der Waals surface area contributed by atoms with Gasteiger partial charge < -0.3 is 9.52 Å². The van der Waals surface area contributed by atoms with E-state index in [1.54, 1.807) is 18.2 Å². The summed E-state index contributed by atoms with van der Waals surface area (Å²) < 4.78 is 5.79. The molecule has 0 atom stereocenters. The largest absolute Gasteiger partial charge is 0.508 e. The lowest BCUT2D eigenvalue weighted by molar-refractivity contribution is 0.476. The fourth-order valence-electron chi connectivity index (χ4n) is 2.58. The molecule has 1 aromatic heterocycles. The number of aromatic hydroxyl groups is 1. The van der Waals surface area contributed by atoms with Crippen LogP contribution in [0.15, 0.2) is 71.1 Å². The Balaban J connectivity index is 2.03. The van der Waals surface area contributed by atoms with Crippen molar-refractivity contribution in [3.05, 3.63) is 66.7 Å². The summed E-state index contributed by atoms with van der Waals surface area (Å²) in [6.07, 6.45) is 0. The standard InChI is InChI=1S/C18H12O2/c19-14-7-9-18-16(11-14)15-10-13(6-8-17(15)20-18)12-4-2-1-3-5-12/h1-11,19H. The van der Waals surface area contributed by atoms with Crippen LogP contribution in [0.5, 0.6) is 5.75 Å². The van der Waals surface area contributed by atoms with Crippen molar-refractivity contribution in [1.82, 2.24) is 0 Å². The molecule has 0 fully saturated rings. The van der Waals surface area contributed by atoms with Crippen molar-refractivity contribution in [1.29, 1.82) is 0 Å². The SMILES string of the molecule is Oc1ccc2oc3ccc(-c4ccccc4)cc3c2c1. The Bertz CT molecular complexity index is 905. The van der Waals surface area contributed by atoms with E-state index in [0.717, 1.165) is 27.5 Å². The minimum atomic E-state index is 0.255. The fraction of sp³-hybridized carbons (Fsp3) is 0. The third-order valence-corrected chi connectivity index (χ3v) is 3.56. The topological polar surface area (TPSA) is 33.4 Å². The van der Waals surface area contributed by atoms with Crippen LogP contribution in [0.3, 0.4) is 0 Å². The average Bonchev–Trinajstić information content (AvgIpc) is 2.85. The van der Waals surface area contributed by atoms with Crippen LogP contribution in [0, 0.1) is 0 Å². The summed E-state index contributed by atoms with van der Waals surface area (Å²) in [5.74, 6) is 0.255. The molecule has 3 aromatic carbocycles. The average molecular weight is 260 g/mol. The van der Waals surface area contributed by atoms with E-state index in [4.69, 9.17) is 4.42 Å². The molecular weight excluding hydrogens is 248 g/mol. The molecule has 0 amide bonds. The molecule has 2 nitrogen and oxygen atoms in total. The maximum absolute atomic E-state index is 9.65.